The molecule has 1 N–H and O–H groups in total. The Morgan fingerprint density at radius 3 is 2.88 bits per heavy atom. The van der Waals surface area contributed by atoms with Gasteiger partial charge in [0.05, 0.1) is 12.1 Å². The van der Waals surface area contributed by atoms with Gasteiger partial charge in [-0.1, -0.05) is 30.3 Å². The van der Waals surface area contributed by atoms with Crippen molar-refractivity contribution in [1.29, 1.82) is 0 Å². The average Bonchev–Trinajstić information content (AvgIpc) is 3.35. The standard InChI is InChI=1S/C20H21N3O3/c1-25-17-11-18(20-21-8-9-22-20)23(12-17)19(24)13-26-16-7-6-14-4-2-3-5-15(14)10-16/h2-10,17-18H,11-13H2,1H3,(H,21,22)/t17-,18?/m1/s1. The molecule has 3 aromatic rings. The molecule has 4 rings (SSSR count). The molecule has 1 aromatic heterocycles. The van der Waals surface area contributed by atoms with Crippen LogP contribution >= 0.6 is 0 Å². The number of ether oxygens (including phenoxy) is 2. The predicted octanol–water partition coefficient (Wildman–Crippen LogP) is 2.93. The molecular weight excluding hydrogens is 330 g/mol. The van der Waals surface area contributed by atoms with Gasteiger partial charge >= 0.3 is 0 Å². The maximum absolute atomic E-state index is 12.8. The van der Waals surface area contributed by atoms with Gasteiger partial charge in [-0.15, -0.1) is 0 Å². The summed E-state index contributed by atoms with van der Waals surface area (Å²) in [5, 5.41) is 2.23. The van der Waals surface area contributed by atoms with Gasteiger partial charge in [0.15, 0.2) is 6.61 Å². The molecule has 1 aliphatic rings. The number of hydrogen-bond donors (Lipinski definition) is 1. The Balaban J connectivity index is 1.45. The number of imidazole rings is 1. The zero-order chi connectivity index (χ0) is 17.9. The Kier molecular flexibility index (Phi) is 4.58. The van der Waals surface area contributed by atoms with Crippen LogP contribution in [0.2, 0.25) is 0 Å². The topological polar surface area (TPSA) is 67.5 Å². The molecule has 2 heterocycles. The van der Waals surface area contributed by atoms with Crippen LogP contribution in [0, 0.1) is 0 Å². The summed E-state index contributed by atoms with van der Waals surface area (Å²) >= 11 is 0. The number of rotatable bonds is 5. The number of benzene rings is 2. The second-order valence-corrected chi connectivity index (χ2v) is 6.43. The van der Waals surface area contributed by atoms with Crippen molar-refractivity contribution in [2.75, 3.05) is 20.3 Å². The van der Waals surface area contributed by atoms with E-state index in [2.05, 4.69) is 9.97 Å². The quantitative estimate of drug-likeness (QED) is 0.767. The predicted molar refractivity (Wildman–Crippen MR) is 97.9 cm³/mol. The van der Waals surface area contributed by atoms with Crippen LogP contribution in [0.25, 0.3) is 10.8 Å². The minimum absolute atomic E-state index is 0.00795. The Labute approximate surface area is 151 Å². The Morgan fingerprint density at radius 2 is 2.12 bits per heavy atom. The minimum atomic E-state index is -0.109. The van der Waals surface area contributed by atoms with E-state index < -0.39 is 0 Å². The van der Waals surface area contributed by atoms with E-state index in [-0.39, 0.29) is 24.7 Å². The molecule has 26 heavy (non-hydrogen) atoms. The van der Waals surface area contributed by atoms with Crippen molar-refractivity contribution >= 4 is 16.7 Å². The number of aromatic nitrogens is 2. The van der Waals surface area contributed by atoms with Gasteiger partial charge in [-0.25, -0.2) is 4.98 Å². The molecule has 0 saturated carbocycles. The van der Waals surface area contributed by atoms with Crippen molar-refractivity contribution in [3.8, 4) is 5.75 Å². The number of carbonyl (C=O) groups is 1. The first-order valence-electron chi connectivity index (χ1n) is 8.68. The van der Waals surface area contributed by atoms with Gasteiger partial charge < -0.3 is 19.4 Å². The highest BCUT2D eigenvalue weighted by atomic mass is 16.5. The molecule has 1 aliphatic heterocycles. The van der Waals surface area contributed by atoms with Gasteiger partial charge in [-0.3, -0.25) is 4.79 Å². The molecule has 2 atom stereocenters. The summed E-state index contributed by atoms with van der Waals surface area (Å²) in [6.45, 7) is 0.535. The van der Waals surface area contributed by atoms with Gasteiger partial charge in [-0.05, 0) is 22.9 Å². The van der Waals surface area contributed by atoms with E-state index >= 15 is 0 Å². The summed E-state index contributed by atoms with van der Waals surface area (Å²) in [5.41, 5.74) is 0. The van der Waals surface area contributed by atoms with Gasteiger partial charge in [0, 0.05) is 32.5 Å². The number of carbonyl (C=O) groups excluding carboxylic acids is 1. The normalized spacial score (nSPS) is 19.8. The zero-order valence-electron chi connectivity index (χ0n) is 14.6. The summed E-state index contributed by atoms with van der Waals surface area (Å²) in [6.07, 6.45) is 4.20. The number of fused-ring (bicyclic) bond motifs is 1. The van der Waals surface area contributed by atoms with Gasteiger partial charge in [0.1, 0.15) is 11.6 Å². The largest absolute Gasteiger partial charge is 0.484 e. The maximum atomic E-state index is 12.8. The fourth-order valence-electron chi connectivity index (χ4n) is 3.45. The first-order valence-corrected chi connectivity index (χ1v) is 8.68. The molecule has 1 saturated heterocycles. The highest BCUT2D eigenvalue weighted by molar-refractivity contribution is 5.84. The smallest absolute Gasteiger partial charge is 0.261 e. The van der Waals surface area contributed by atoms with E-state index in [0.717, 1.165) is 23.0 Å². The molecule has 2 aromatic carbocycles. The third-order valence-corrected chi connectivity index (χ3v) is 4.83. The number of nitrogens with one attached hydrogen (secondary N) is 1. The number of H-pyrrole nitrogens is 1. The maximum Gasteiger partial charge on any atom is 0.261 e. The molecule has 1 amide bonds. The van der Waals surface area contributed by atoms with Crippen LogP contribution in [-0.4, -0.2) is 47.1 Å². The third kappa shape index (κ3) is 3.28. The molecule has 6 nitrogen and oxygen atoms in total. The van der Waals surface area contributed by atoms with Crippen molar-refractivity contribution in [3.63, 3.8) is 0 Å². The fourth-order valence-corrected chi connectivity index (χ4v) is 3.45. The zero-order valence-corrected chi connectivity index (χ0v) is 14.6. The second-order valence-electron chi connectivity index (χ2n) is 6.43. The summed E-state index contributed by atoms with van der Waals surface area (Å²) in [4.78, 5) is 21.9. The Morgan fingerprint density at radius 1 is 1.27 bits per heavy atom. The first-order chi connectivity index (χ1) is 12.7. The van der Waals surface area contributed by atoms with Crippen LogP contribution in [0.15, 0.2) is 54.9 Å². The van der Waals surface area contributed by atoms with Crippen molar-refractivity contribution in [2.24, 2.45) is 0 Å². The van der Waals surface area contributed by atoms with Crippen LogP contribution in [0.3, 0.4) is 0 Å². The molecule has 134 valence electrons. The number of hydrogen-bond acceptors (Lipinski definition) is 4. The summed E-state index contributed by atoms with van der Waals surface area (Å²) < 4.78 is 11.2. The molecule has 1 unspecified atom stereocenters. The van der Waals surface area contributed by atoms with Crippen LogP contribution in [0.4, 0.5) is 0 Å². The molecule has 6 heteroatoms. The van der Waals surface area contributed by atoms with Gasteiger partial charge in [0.2, 0.25) is 0 Å². The molecule has 0 spiro atoms. The van der Waals surface area contributed by atoms with E-state index in [9.17, 15) is 4.79 Å². The molecule has 1 fully saturated rings. The van der Waals surface area contributed by atoms with Crippen molar-refractivity contribution < 1.29 is 14.3 Å². The fraction of sp³-hybridized carbons (Fsp3) is 0.300. The van der Waals surface area contributed by atoms with E-state index in [4.69, 9.17) is 9.47 Å². The number of amides is 1. The molecule has 0 radical (unpaired) electrons. The third-order valence-electron chi connectivity index (χ3n) is 4.83. The Hall–Kier alpha value is -2.86. The van der Waals surface area contributed by atoms with Crippen LogP contribution in [0.5, 0.6) is 5.75 Å². The number of likely N-dealkylation sites (tertiary alicyclic amines) is 1. The second kappa shape index (κ2) is 7.17. The molecule has 0 aliphatic carbocycles. The lowest BCUT2D eigenvalue weighted by Gasteiger charge is -2.23. The Bertz CT molecular complexity index is 894. The SMILES string of the molecule is CO[C@@H]1CC(c2ncc[nH]2)N(C(=O)COc2ccc3ccccc3c2)C1. The van der Waals surface area contributed by atoms with E-state index in [1.54, 1.807) is 24.4 Å². The van der Waals surface area contributed by atoms with Crippen molar-refractivity contribution in [3.05, 3.63) is 60.7 Å². The molecular formula is C20H21N3O3. The van der Waals surface area contributed by atoms with Crippen LogP contribution < -0.4 is 4.74 Å². The lowest BCUT2D eigenvalue weighted by Crippen LogP contribution is -2.36. The van der Waals surface area contributed by atoms with Crippen molar-refractivity contribution in [1.82, 2.24) is 14.9 Å². The molecule has 0 bridgehead atoms. The lowest BCUT2D eigenvalue weighted by molar-refractivity contribution is -0.134. The van der Waals surface area contributed by atoms with E-state index in [0.29, 0.717) is 12.3 Å². The van der Waals surface area contributed by atoms with Gasteiger partial charge in [-0.2, -0.15) is 0 Å². The van der Waals surface area contributed by atoms with E-state index in [1.807, 2.05) is 42.5 Å². The number of aromatic amines is 1. The van der Waals surface area contributed by atoms with Crippen LogP contribution in [0.1, 0.15) is 18.3 Å². The number of nitrogens with zero attached hydrogens (tertiary/aromatic N) is 2. The van der Waals surface area contributed by atoms with Gasteiger partial charge in [0.25, 0.3) is 5.91 Å². The highest BCUT2D eigenvalue weighted by Crippen LogP contribution is 2.31. The minimum Gasteiger partial charge on any atom is -0.484 e. The van der Waals surface area contributed by atoms with Crippen molar-refractivity contribution in [2.45, 2.75) is 18.6 Å². The van der Waals surface area contributed by atoms with Crippen LogP contribution in [-0.2, 0) is 9.53 Å². The summed E-state index contributed by atoms with van der Waals surface area (Å²) in [5.74, 6) is 1.40. The monoisotopic (exact) mass is 351 g/mol. The highest BCUT2D eigenvalue weighted by Gasteiger charge is 2.37. The summed E-state index contributed by atoms with van der Waals surface area (Å²) in [6, 6.07) is 13.8. The number of methoxy groups -OCH3 is 1. The average molecular weight is 351 g/mol. The first kappa shape index (κ1) is 16.6. The summed E-state index contributed by atoms with van der Waals surface area (Å²) in [7, 11) is 1.67. The lowest BCUT2D eigenvalue weighted by atomic mass is 10.1. The van der Waals surface area contributed by atoms with E-state index in [1.165, 1.54) is 0 Å².